The molecule has 0 unspecified atom stereocenters. The maximum absolute atomic E-state index is 12.9. The van der Waals surface area contributed by atoms with Gasteiger partial charge in [0.15, 0.2) is 0 Å². The number of rotatable bonds is 6. The number of hydrogen-bond acceptors (Lipinski definition) is 4. The zero-order valence-corrected chi connectivity index (χ0v) is 16.4. The second-order valence-electron chi connectivity index (χ2n) is 6.05. The molecular weight excluding hydrogens is 372 g/mol. The molecule has 0 aliphatic rings. The van der Waals surface area contributed by atoms with Crippen molar-refractivity contribution in [3.05, 3.63) is 89.5 Å². The monoisotopic (exact) mass is 392 g/mol. The van der Waals surface area contributed by atoms with Crippen molar-refractivity contribution in [2.24, 2.45) is 0 Å². The van der Waals surface area contributed by atoms with Gasteiger partial charge < -0.3 is 15.1 Å². The molecule has 2 amide bonds. The molecule has 2 N–H and O–H groups in total. The molecule has 3 aromatic rings. The summed E-state index contributed by atoms with van der Waals surface area (Å²) >= 11 is 1.53. The third kappa shape index (κ3) is 4.92. The Labute approximate surface area is 167 Å². The topological polar surface area (TPSA) is 71.3 Å². The van der Waals surface area contributed by atoms with E-state index in [9.17, 15) is 9.59 Å². The molecule has 3 rings (SSSR count). The van der Waals surface area contributed by atoms with Gasteiger partial charge in [0.25, 0.3) is 11.8 Å². The van der Waals surface area contributed by atoms with Crippen molar-refractivity contribution in [2.45, 2.75) is 11.8 Å². The number of benzene rings is 2. The maximum Gasteiger partial charge on any atom is 0.272 e. The summed E-state index contributed by atoms with van der Waals surface area (Å²) in [6.07, 6.45) is 4.94. The van der Waals surface area contributed by atoms with E-state index >= 15 is 0 Å². The molecule has 28 heavy (non-hydrogen) atoms. The predicted octanol–water partition coefficient (Wildman–Crippen LogP) is 4.72. The van der Waals surface area contributed by atoms with Crippen LogP contribution in [0.5, 0.6) is 0 Å². The van der Waals surface area contributed by atoms with E-state index in [-0.39, 0.29) is 11.6 Å². The molecule has 2 aromatic carbocycles. The van der Waals surface area contributed by atoms with E-state index in [1.165, 1.54) is 24.1 Å². The van der Waals surface area contributed by atoms with Gasteiger partial charge in [-0.25, -0.2) is 0 Å². The molecule has 1 heterocycles. The Morgan fingerprint density at radius 3 is 2.43 bits per heavy atom. The third-order valence-electron chi connectivity index (χ3n) is 3.99. The van der Waals surface area contributed by atoms with Gasteiger partial charge in [-0.15, -0.1) is 11.8 Å². The molecule has 0 radical (unpaired) electrons. The van der Waals surface area contributed by atoms with Gasteiger partial charge >= 0.3 is 0 Å². The molecule has 0 atom stereocenters. The number of thioether (sulfide) groups is 1. The van der Waals surface area contributed by atoms with E-state index in [0.29, 0.717) is 17.0 Å². The van der Waals surface area contributed by atoms with Gasteiger partial charge in [0.05, 0.1) is 12.0 Å². The molecular formula is C22H20N2O3S. The standard InChI is InChI=1S/C22H20N2O3S/c1-15-9-11-16(12-10-15)21(25)24-19(14-17-6-5-13-27-17)22(26)23-18-7-3-4-8-20(18)28-2/h3-14H,1-2H3,(H,23,26)(H,24,25)/b19-14-. The van der Waals surface area contributed by atoms with Crippen molar-refractivity contribution in [1.29, 1.82) is 0 Å². The van der Waals surface area contributed by atoms with Gasteiger partial charge in [0.1, 0.15) is 11.5 Å². The number of amides is 2. The Bertz CT molecular complexity index is 993. The summed E-state index contributed by atoms with van der Waals surface area (Å²) < 4.78 is 5.30. The average Bonchev–Trinajstić information content (AvgIpc) is 3.21. The molecule has 0 fully saturated rings. The fourth-order valence-corrected chi connectivity index (χ4v) is 3.06. The molecule has 142 valence electrons. The highest BCUT2D eigenvalue weighted by molar-refractivity contribution is 7.98. The summed E-state index contributed by atoms with van der Waals surface area (Å²) in [7, 11) is 0. The van der Waals surface area contributed by atoms with Crippen LogP contribution >= 0.6 is 11.8 Å². The molecule has 0 aliphatic heterocycles. The average molecular weight is 392 g/mol. The van der Waals surface area contributed by atoms with Crippen LogP contribution in [0.2, 0.25) is 0 Å². The molecule has 0 aliphatic carbocycles. The van der Waals surface area contributed by atoms with Crippen LogP contribution in [-0.4, -0.2) is 18.1 Å². The second kappa shape index (κ2) is 9.10. The van der Waals surface area contributed by atoms with Crippen molar-refractivity contribution >= 4 is 35.3 Å². The SMILES string of the molecule is CSc1ccccc1NC(=O)/C(=C/c1ccco1)NC(=O)c1ccc(C)cc1. The van der Waals surface area contributed by atoms with Crippen LogP contribution in [0.1, 0.15) is 21.7 Å². The Kier molecular flexibility index (Phi) is 6.34. The zero-order chi connectivity index (χ0) is 19.9. The minimum absolute atomic E-state index is 0.0939. The quantitative estimate of drug-likeness (QED) is 0.470. The summed E-state index contributed by atoms with van der Waals surface area (Å²) in [5.41, 5.74) is 2.29. The highest BCUT2D eigenvalue weighted by Crippen LogP contribution is 2.25. The van der Waals surface area contributed by atoms with E-state index in [4.69, 9.17) is 4.42 Å². The fourth-order valence-electron chi connectivity index (χ4n) is 2.51. The van der Waals surface area contributed by atoms with Gasteiger partial charge in [0.2, 0.25) is 0 Å². The number of nitrogens with one attached hydrogen (secondary N) is 2. The summed E-state index contributed by atoms with van der Waals surface area (Å²) in [5.74, 6) is -0.336. The fraction of sp³-hybridized carbons (Fsp3) is 0.0909. The van der Waals surface area contributed by atoms with Gasteiger partial charge in [0, 0.05) is 16.5 Å². The Morgan fingerprint density at radius 2 is 1.75 bits per heavy atom. The van der Waals surface area contributed by atoms with Gasteiger partial charge in [-0.2, -0.15) is 0 Å². The lowest BCUT2D eigenvalue weighted by molar-refractivity contribution is -0.113. The minimum Gasteiger partial charge on any atom is -0.465 e. The van der Waals surface area contributed by atoms with E-state index in [2.05, 4.69) is 10.6 Å². The Hall–Kier alpha value is -3.25. The van der Waals surface area contributed by atoms with Gasteiger partial charge in [-0.05, 0) is 49.6 Å². The number of carbonyl (C=O) groups is 2. The minimum atomic E-state index is -0.432. The normalized spacial score (nSPS) is 11.1. The molecule has 5 nitrogen and oxygen atoms in total. The van der Waals surface area contributed by atoms with Crippen molar-refractivity contribution in [1.82, 2.24) is 5.32 Å². The lowest BCUT2D eigenvalue weighted by atomic mass is 10.1. The molecule has 1 aromatic heterocycles. The maximum atomic E-state index is 12.9. The first-order chi connectivity index (χ1) is 13.6. The van der Waals surface area contributed by atoms with Crippen molar-refractivity contribution in [3.63, 3.8) is 0 Å². The van der Waals surface area contributed by atoms with Crippen LogP contribution in [0.25, 0.3) is 6.08 Å². The number of furan rings is 1. The predicted molar refractivity (Wildman–Crippen MR) is 112 cm³/mol. The Balaban J connectivity index is 1.85. The van der Waals surface area contributed by atoms with Crippen molar-refractivity contribution in [3.8, 4) is 0 Å². The largest absolute Gasteiger partial charge is 0.465 e. The number of aryl methyl sites for hydroxylation is 1. The van der Waals surface area contributed by atoms with Crippen LogP contribution in [-0.2, 0) is 4.79 Å². The van der Waals surface area contributed by atoms with Crippen molar-refractivity contribution in [2.75, 3.05) is 11.6 Å². The summed E-state index contributed by atoms with van der Waals surface area (Å²) in [6.45, 7) is 1.94. The van der Waals surface area contributed by atoms with Crippen LogP contribution < -0.4 is 10.6 Å². The van der Waals surface area contributed by atoms with Gasteiger partial charge in [-0.1, -0.05) is 29.8 Å². The Morgan fingerprint density at radius 1 is 1.00 bits per heavy atom. The van der Waals surface area contributed by atoms with E-state index in [0.717, 1.165) is 10.5 Å². The van der Waals surface area contributed by atoms with Crippen molar-refractivity contribution < 1.29 is 14.0 Å². The van der Waals surface area contributed by atoms with Gasteiger partial charge in [-0.3, -0.25) is 9.59 Å². The number of anilines is 1. The molecule has 0 spiro atoms. The molecule has 0 saturated heterocycles. The lowest BCUT2D eigenvalue weighted by Gasteiger charge is -2.13. The first kappa shape index (κ1) is 19.5. The summed E-state index contributed by atoms with van der Waals surface area (Å²) in [4.78, 5) is 26.4. The lowest BCUT2D eigenvalue weighted by Crippen LogP contribution is -2.30. The first-order valence-corrected chi connectivity index (χ1v) is 9.87. The molecule has 0 bridgehead atoms. The van der Waals surface area contributed by atoms with E-state index < -0.39 is 5.91 Å². The van der Waals surface area contributed by atoms with Crippen LogP contribution in [0, 0.1) is 6.92 Å². The van der Waals surface area contributed by atoms with Crippen LogP contribution in [0.15, 0.2) is 81.9 Å². The second-order valence-corrected chi connectivity index (χ2v) is 6.90. The number of para-hydroxylation sites is 1. The van der Waals surface area contributed by atoms with Crippen LogP contribution in [0.4, 0.5) is 5.69 Å². The highest BCUT2D eigenvalue weighted by Gasteiger charge is 2.16. The summed E-state index contributed by atoms with van der Waals surface area (Å²) in [5, 5.41) is 5.55. The van der Waals surface area contributed by atoms with E-state index in [1.54, 1.807) is 24.3 Å². The smallest absolute Gasteiger partial charge is 0.272 e. The summed E-state index contributed by atoms with van der Waals surface area (Å²) in [6, 6.07) is 18.0. The highest BCUT2D eigenvalue weighted by atomic mass is 32.2. The third-order valence-corrected chi connectivity index (χ3v) is 4.79. The number of carbonyl (C=O) groups excluding carboxylic acids is 2. The van der Waals surface area contributed by atoms with Crippen LogP contribution in [0.3, 0.4) is 0 Å². The zero-order valence-electron chi connectivity index (χ0n) is 15.6. The van der Waals surface area contributed by atoms with E-state index in [1.807, 2.05) is 49.6 Å². The molecule has 0 saturated carbocycles. The first-order valence-electron chi connectivity index (χ1n) is 8.64. The molecule has 6 heteroatoms. The number of hydrogen-bond donors (Lipinski definition) is 2.